The SMILES string of the molecule is CC(C)c1nccn1Cc1ccc(Cl)cc1Cl.ON(O)O. The van der Waals surface area contributed by atoms with E-state index in [0.717, 1.165) is 17.9 Å². The number of aromatic nitrogens is 2. The molecule has 116 valence electrons. The second kappa shape index (κ2) is 8.33. The van der Waals surface area contributed by atoms with Crippen LogP contribution in [0.5, 0.6) is 0 Å². The lowest BCUT2D eigenvalue weighted by molar-refractivity contribution is -0.472. The Morgan fingerprint density at radius 3 is 2.38 bits per heavy atom. The third kappa shape index (κ3) is 6.01. The van der Waals surface area contributed by atoms with Crippen molar-refractivity contribution in [3.05, 3.63) is 52.0 Å². The first kappa shape index (κ1) is 17.9. The standard InChI is InChI=1S/C13H14Cl2N2.H3NO3/c1-9(2)13-16-5-6-17(13)8-10-3-4-11(14)7-12(10)15;2-1(3)4/h3-7,9H,8H2,1-2H3;2-4H. The highest BCUT2D eigenvalue weighted by Gasteiger charge is 2.09. The van der Waals surface area contributed by atoms with Crippen molar-refractivity contribution >= 4 is 23.2 Å². The Morgan fingerprint density at radius 2 is 1.86 bits per heavy atom. The van der Waals surface area contributed by atoms with Crippen LogP contribution in [-0.4, -0.2) is 30.6 Å². The average Bonchev–Trinajstić information content (AvgIpc) is 2.80. The molecule has 0 aliphatic carbocycles. The Kier molecular flexibility index (Phi) is 7.10. The molecule has 21 heavy (non-hydrogen) atoms. The van der Waals surface area contributed by atoms with E-state index < -0.39 is 5.39 Å². The zero-order chi connectivity index (χ0) is 16.0. The molecular formula is C13H17Cl2N3O3. The van der Waals surface area contributed by atoms with Gasteiger partial charge in [0, 0.05) is 28.4 Å². The van der Waals surface area contributed by atoms with Gasteiger partial charge in [0.05, 0.1) is 11.9 Å². The number of benzene rings is 1. The van der Waals surface area contributed by atoms with Crippen LogP contribution in [0.1, 0.15) is 31.2 Å². The number of hydrogen-bond donors (Lipinski definition) is 3. The van der Waals surface area contributed by atoms with Crippen LogP contribution in [0.15, 0.2) is 30.6 Å². The molecule has 0 aliphatic heterocycles. The molecule has 3 N–H and O–H groups in total. The molecule has 1 heterocycles. The fourth-order valence-electron chi connectivity index (χ4n) is 1.79. The Hall–Kier alpha value is -1.15. The zero-order valence-corrected chi connectivity index (χ0v) is 13.1. The van der Waals surface area contributed by atoms with E-state index in [2.05, 4.69) is 23.4 Å². The monoisotopic (exact) mass is 333 g/mol. The summed E-state index contributed by atoms with van der Waals surface area (Å²) >= 11 is 12.0. The smallest absolute Gasteiger partial charge is 0.111 e. The second-order valence-corrected chi connectivity index (χ2v) is 5.42. The maximum absolute atomic E-state index is 7.00. The lowest BCUT2D eigenvalue weighted by atomic mass is 10.2. The van der Waals surface area contributed by atoms with Crippen molar-refractivity contribution in [1.82, 2.24) is 14.9 Å². The molecule has 0 aliphatic rings. The molecule has 0 spiro atoms. The fourth-order valence-corrected chi connectivity index (χ4v) is 2.26. The van der Waals surface area contributed by atoms with E-state index in [1.165, 1.54) is 0 Å². The first-order valence-electron chi connectivity index (χ1n) is 6.13. The van der Waals surface area contributed by atoms with E-state index in [4.69, 9.17) is 38.8 Å². The molecular weight excluding hydrogens is 317 g/mol. The van der Waals surface area contributed by atoms with Gasteiger partial charge < -0.3 is 4.57 Å². The van der Waals surface area contributed by atoms with E-state index in [-0.39, 0.29) is 0 Å². The normalized spacial score (nSPS) is 10.7. The van der Waals surface area contributed by atoms with E-state index in [1.807, 2.05) is 24.5 Å². The van der Waals surface area contributed by atoms with Crippen molar-refractivity contribution in [2.75, 3.05) is 0 Å². The summed E-state index contributed by atoms with van der Waals surface area (Å²) in [4.78, 5) is 4.35. The molecule has 0 saturated carbocycles. The van der Waals surface area contributed by atoms with Crippen LogP contribution in [0.25, 0.3) is 0 Å². The highest BCUT2D eigenvalue weighted by molar-refractivity contribution is 6.35. The summed E-state index contributed by atoms with van der Waals surface area (Å²) in [6.45, 7) is 4.98. The van der Waals surface area contributed by atoms with Gasteiger partial charge in [-0.05, 0) is 17.7 Å². The van der Waals surface area contributed by atoms with Gasteiger partial charge in [0.2, 0.25) is 0 Å². The molecule has 1 aromatic carbocycles. The predicted molar refractivity (Wildman–Crippen MR) is 79.1 cm³/mol. The van der Waals surface area contributed by atoms with E-state index in [1.54, 1.807) is 6.07 Å². The maximum Gasteiger partial charge on any atom is 0.111 e. The summed E-state index contributed by atoms with van der Waals surface area (Å²) in [7, 11) is 0. The third-order valence-electron chi connectivity index (χ3n) is 2.62. The van der Waals surface area contributed by atoms with E-state index >= 15 is 0 Å². The first-order chi connectivity index (χ1) is 9.81. The van der Waals surface area contributed by atoms with Crippen LogP contribution < -0.4 is 0 Å². The topological polar surface area (TPSA) is 81.8 Å². The lowest BCUT2D eigenvalue weighted by Crippen LogP contribution is -2.06. The van der Waals surface area contributed by atoms with Gasteiger partial charge in [0.25, 0.3) is 0 Å². The summed E-state index contributed by atoms with van der Waals surface area (Å²) in [5.74, 6) is 1.46. The Morgan fingerprint density at radius 1 is 1.24 bits per heavy atom. The van der Waals surface area contributed by atoms with Crippen LogP contribution in [-0.2, 0) is 6.54 Å². The maximum atomic E-state index is 7.00. The molecule has 0 bridgehead atoms. The van der Waals surface area contributed by atoms with E-state index in [0.29, 0.717) is 16.0 Å². The molecule has 6 nitrogen and oxygen atoms in total. The van der Waals surface area contributed by atoms with Crippen LogP contribution in [0.4, 0.5) is 0 Å². The van der Waals surface area contributed by atoms with Crippen LogP contribution in [0.2, 0.25) is 10.0 Å². The van der Waals surface area contributed by atoms with Gasteiger partial charge >= 0.3 is 0 Å². The molecule has 0 atom stereocenters. The van der Waals surface area contributed by atoms with Crippen molar-refractivity contribution in [3.63, 3.8) is 0 Å². The van der Waals surface area contributed by atoms with Gasteiger partial charge in [-0.25, -0.2) is 4.98 Å². The molecule has 0 saturated heterocycles. The minimum absolute atomic E-state index is 0.399. The van der Waals surface area contributed by atoms with Gasteiger partial charge in [-0.3, -0.25) is 15.6 Å². The highest BCUT2D eigenvalue weighted by Crippen LogP contribution is 2.23. The highest BCUT2D eigenvalue weighted by atomic mass is 35.5. The summed E-state index contributed by atoms with van der Waals surface area (Å²) < 4.78 is 2.11. The summed E-state index contributed by atoms with van der Waals surface area (Å²) in [6.07, 6.45) is 3.79. The molecule has 2 rings (SSSR count). The second-order valence-electron chi connectivity index (χ2n) is 4.57. The quantitative estimate of drug-likeness (QED) is 0.744. The van der Waals surface area contributed by atoms with Crippen LogP contribution in [0.3, 0.4) is 0 Å². The third-order valence-corrected chi connectivity index (χ3v) is 3.21. The lowest BCUT2D eigenvalue weighted by Gasteiger charge is -2.11. The summed E-state index contributed by atoms with van der Waals surface area (Å²) in [6, 6.07) is 5.58. The van der Waals surface area contributed by atoms with Gasteiger partial charge in [-0.1, -0.05) is 43.1 Å². The molecule has 0 unspecified atom stereocenters. The summed E-state index contributed by atoms with van der Waals surface area (Å²) in [5.41, 5.74) is 1.05. The largest absolute Gasteiger partial charge is 0.330 e. The molecule has 0 amide bonds. The minimum atomic E-state index is -1.00. The predicted octanol–water partition coefficient (Wildman–Crippen LogP) is 3.82. The van der Waals surface area contributed by atoms with Crippen molar-refractivity contribution < 1.29 is 15.6 Å². The zero-order valence-electron chi connectivity index (χ0n) is 11.6. The molecule has 1 aromatic heterocycles. The van der Waals surface area contributed by atoms with Crippen molar-refractivity contribution in [3.8, 4) is 0 Å². The fraction of sp³-hybridized carbons (Fsp3) is 0.308. The molecule has 8 heteroatoms. The summed E-state index contributed by atoms with van der Waals surface area (Å²) in [5, 5.41) is 21.4. The number of halogens is 2. The Bertz CT molecular complexity index is 571. The van der Waals surface area contributed by atoms with Crippen molar-refractivity contribution in [2.24, 2.45) is 0 Å². The van der Waals surface area contributed by atoms with Crippen LogP contribution in [0, 0.1) is 0 Å². The van der Waals surface area contributed by atoms with Gasteiger partial charge in [-0.15, -0.1) is 0 Å². The van der Waals surface area contributed by atoms with Gasteiger partial charge in [0.15, 0.2) is 0 Å². The number of imidazole rings is 1. The average molecular weight is 334 g/mol. The molecule has 0 fully saturated rings. The van der Waals surface area contributed by atoms with Gasteiger partial charge in [-0.2, -0.15) is 0 Å². The molecule has 0 radical (unpaired) electrons. The van der Waals surface area contributed by atoms with Gasteiger partial charge in [0.1, 0.15) is 5.82 Å². The molecule has 2 aromatic rings. The van der Waals surface area contributed by atoms with E-state index in [9.17, 15) is 0 Å². The number of hydrogen-bond acceptors (Lipinski definition) is 5. The number of rotatable bonds is 3. The first-order valence-corrected chi connectivity index (χ1v) is 6.88. The van der Waals surface area contributed by atoms with Crippen LogP contribution >= 0.6 is 23.2 Å². The number of nitrogens with zero attached hydrogens (tertiary/aromatic N) is 3. The Labute approximate surface area is 132 Å². The van der Waals surface area contributed by atoms with Crippen molar-refractivity contribution in [1.29, 1.82) is 0 Å². The van der Waals surface area contributed by atoms with Crippen molar-refractivity contribution in [2.45, 2.75) is 26.3 Å². The minimum Gasteiger partial charge on any atom is -0.330 e. The Balaban J connectivity index is 0.000000491.